The second-order valence-corrected chi connectivity index (χ2v) is 5.67. The Morgan fingerprint density at radius 2 is 1.95 bits per heavy atom. The predicted molar refractivity (Wildman–Crippen MR) is 83.1 cm³/mol. The summed E-state index contributed by atoms with van der Waals surface area (Å²) in [6.07, 6.45) is 4.05. The second-order valence-electron chi connectivity index (χ2n) is 5.67. The van der Waals surface area contributed by atoms with Gasteiger partial charge in [0.2, 0.25) is 5.91 Å². The number of benzene rings is 1. The van der Waals surface area contributed by atoms with Crippen molar-refractivity contribution in [2.45, 2.75) is 31.7 Å². The lowest BCUT2D eigenvalue weighted by atomic mass is 10.1. The van der Waals surface area contributed by atoms with Crippen molar-refractivity contribution in [3.8, 4) is 5.75 Å². The molecule has 1 saturated heterocycles. The van der Waals surface area contributed by atoms with Gasteiger partial charge in [0.05, 0.1) is 6.04 Å². The average Bonchev–Trinajstić information content (AvgIpc) is 2.99. The maximum atomic E-state index is 11.9. The summed E-state index contributed by atoms with van der Waals surface area (Å²) in [6.45, 7) is 4.11. The van der Waals surface area contributed by atoms with Gasteiger partial charge in [0.15, 0.2) is 0 Å². The first-order valence-electron chi connectivity index (χ1n) is 7.69. The quantitative estimate of drug-likeness (QED) is 0.651. The van der Waals surface area contributed by atoms with Crippen molar-refractivity contribution in [1.29, 1.82) is 0 Å². The summed E-state index contributed by atoms with van der Waals surface area (Å²) in [6, 6.07) is 6.25. The highest BCUT2D eigenvalue weighted by Crippen LogP contribution is 2.11. The fourth-order valence-electron chi connectivity index (χ4n) is 2.63. The number of phenolic OH excluding ortho intramolecular Hbond substituents is 1. The lowest BCUT2D eigenvalue weighted by Gasteiger charge is -2.16. The zero-order valence-corrected chi connectivity index (χ0v) is 12.4. The lowest BCUT2D eigenvalue weighted by molar-refractivity contribution is -0.122. The van der Waals surface area contributed by atoms with Gasteiger partial charge in [0.1, 0.15) is 5.75 Å². The molecule has 1 atom stereocenters. The summed E-state index contributed by atoms with van der Waals surface area (Å²) in [7, 11) is 0. The molecule has 2 rings (SSSR count). The van der Waals surface area contributed by atoms with Gasteiger partial charge in [-0.1, -0.05) is 12.1 Å². The number of nitrogens with zero attached hydrogens (tertiary/aromatic N) is 1. The Balaban J connectivity index is 1.63. The summed E-state index contributed by atoms with van der Waals surface area (Å²) >= 11 is 0. The van der Waals surface area contributed by atoms with Crippen LogP contribution in [-0.4, -0.2) is 48.1 Å². The fraction of sp³-hybridized carbons (Fsp3) is 0.562. The molecular formula is C16H25N3O2. The standard InChI is InChI=1S/C16H25N3O2/c17-15(12-13-4-6-14(20)7-5-13)16(21)18-8-3-11-19-9-1-2-10-19/h4-7,15,20H,1-3,8-12,17H2,(H,18,21). The maximum absolute atomic E-state index is 11.9. The minimum atomic E-state index is -0.540. The van der Waals surface area contributed by atoms with E-state index in [1.807, 2.05) is 0 Å². The zero-order valence-electron chi connectivity index (χ0n) is 12.4. The van der Waals surface area contributed by atoms with E-state index in [1.54, 1.807) is 24.3 Å². The predicted octanol–water partition coefficient (Wildman–Crippen LogP) is 0.864. The van der Waals surface area contributed by atoms with E-state index in [-0.39, 0.29) is 11.7 Å². The Kier molecular flexibility index (Phi) is 6.02. The van der Waals surface area contributed by atoms with E-state index in [9.17, 15) is 9.90 Å². The van der Waals surface area contributed by atoms with Crippen molar-refractivity contribution in [3.63, 3.8) is 0 Å². The Morgan fingerprint density at radius 1 is 1.29 bits per heavy atom. The van der Waals surface area contributed by atoms with E-state index in [4.69, 9.17) is 5.73 Å². The first-order valence-corrected chi connectivity index (χ1v) is 7.69. The lowest BCUT2D eigenvalue weighted by Crippen LogP contribution is -2.42. The molecule has 1 heterocycles. The number of carbonyl (C=O) groups excluding carboxylic acids is 1. The third kappa shape index (κ3) is 5.36. The van der Waals surface area contributed by atoms with Gasteiger partial charge in [0, 0.05) is 6.54 Å². The van der Waals surface area contributed by atoms with Crippen LogP contribution in [0.25, 0.3) is 0 Å². The van der Waals surface area contributed by atoms with Crippen LogP contribution in [0.3, 0.4) is 0 Å². The minimum Gasteiger partial charge on any atom is -0.508 e. The van der Waals surface area contributed by atoms with Gasteiger partial charge in [-0.15, -0.1) is 0 Å². The third-order valence-electron chi connectivity index (χ3n) is 3.88. The molecule has 0 aliphatic carbocycles. The van der Waals surface area contributed by atoms with Crippen LogP contribution in [0.1, 0.15) is 24.8 Å². The van der Waals surface area contributed by atoms with Crippen LogP contribution in [0, 0.1) is 0 Å². The number of nitrogens with one attached hydrogen (secondary N) is 1. The van der Waals surface area contributed by atoms with Crippen LogP contribution in [0.5, 0.6) is 5.75 Å². The highest BCUT2D eigenvalue weighted by molar-refractivity contribution is 5.81. The van der Waals surface area contributed by atoms with Gasteiger partial charge < -0.3 is 21.1 Å². The van der Waals surface area contributed by atoms with Crippen LogP contribution in [-0.2, 0) is 11.2 Å². The smallest absolute Gasteiger partial charge is 0.237 e. The molecular weight excluding hydrogens is 266 g/mol. The molecule has 1 unspecified atom stereocenters. The van der Waals surface area contributed by atoms with Gasteiger partial charge in [-0.05, 0) is 63.0 Å². The molecule has 1 aromatic carbocycles. The van der Waals surface area contributed by atoms with Crippen molar-refractivity contribution in [2.24, 2.45) is 5.73 Å². The van der Waals surface area contributed by atoms with Gasteiger partial charge in [-0.3, -0.25) is 4.79 Å². The van der Waals surface area contributed by atoms with Crippen LogP contribution in [0.2, 0.25) is 0 Å². The monoisotopic (exact) mass is 291 g/mol. The molecule has 1 aromatic rings. The minimum absolute atomic E-state index is 0.107. The van der Waals surface area contributed by atoms with Gasteiger partial charge in [-0.2, -0.15) is 0 Å². The van der Waals surface area contributed by atoms with Crippen LogP contribution >= 0.6 is 0 Å². The maximum Gasteiger partial charge on any atom is 0.237 e. The third-order valence-corrected chi connectivity index (χ3v) is 3.88. The molecule has 5 nitrogen and oxygen atoms in total. The van der Waals surface area contributed by atoms with E-state index in [0.29, 0.717) is 13.0 Å². The van der Waals surface area contributed by atoms with E-state index >= 15 is 0 Å². The number of rotatable bonds is 7. The van der Waals surface area contributed by atoms with E-state index < -0.39 is 6.04 Å². The van der Waals surface area contributed by atoms with Crippen LogP contribution in [0.15, 0.2) is 24.3 Å². The van der Waals surface area contributed by atoms with Gasteiger partial charge in [-0.25, -0.2) is 0 Å². The summed E-state index contributed by atoms with van der Waals surface area (Å²) in [5, 5.41) is 12.1. The average molecular weight is 291 g/mol. The van der Waals surface area contributed by atoms with Crippen molar-refractivity contribution in [1.82, 2.24) is 10.2 Å². The van der Waals surface area contributed by atoms with Crippen molar-refractivity contribution < 1.29 is 9.90 Å². The molecule has 0 bridgehead atoms. The Labute approximate surface area is 126 Å². The summed E-state index contributed by atoms with van der Waals surface area (Å²) < 4.78 is 0. The molecule has 0 radical (unpaired) electrons. The fourth-order valence-corrected chi connectivity index (χ4v) is 2.63. The summed E-state index contributed by atoms with van der Waals surface area (Å²) in [5.74, 6) is 0.114. The molecule has 1 amide bonds. The van der Waals surface area contributed by atoms with Gasteiger partial charge >= 0.3 is 0 Å². The summed E-state index contributed by atoms with van der Waals surface area (Å²) in [4.78, 5) is 14.3. The molecule has 5 heteroatoms. The molecule has 0 aromatic heterocycles. The Bertz CT molecular complexity index is 441. The highest BCUT2D eigenvalue weighted by atomic mass is 16.3. The molecule has 0 saturated carbocycles. The number of aromatic hydroxyl groups is 1. The van der Waals surface area contributed by atoms with Crippen LogP contribution < -0.4 is 11.1 Å². The molecule has 1 aliphatic rings. The highest BCUT2D eigenvalue weighted by Gasteiger charge is 2.14. The van der Waals surface area contributed by atoms with Crippen molar-refractivity contribution >= 4 is 5.91 Å². The first-order chi connectivity index (χ1) is 10.1. The Hall–Kier alpha value is -1.59. The topological polar surface area (TPSA) is 78.6 Å². The van der Waals surface area contributed by atoms with E-state index in [1.165, 1.54) is 25.9 Å². The molecule has 116 valence electrons. The number of carbonyl (C=O) groups is 1. The second kappa shape index (κ2) is 8.00. The van der Waals surface area contributed by atoms with Gasteiger partial charge in [0.25, 0.3) is 0 Å². The van der Waals surface area contributed by atoms with Crippen LogP contribution in [0.4, 0.5) is 0 Å². The number of phenols is 1. The largest absolute Gasteiger partial charge is 0.508 e. The number of likely N-dealkylation sites (tertiary alicyclic amines) is 1. The number of nitrogens with two attached hydrogens (primary N) is 1. The number of hydrogen-bond acceptors (Lipinski definition) is 4. The Morgan fingerprint density at radius 3 is 2.62 bits per heavy atom. The number of amides is 1. The zero-order chi connectivity index (χ0) is 15.1. The SMILES string of the molecule is NC(Cc1ccc(O)cc1)C(=O)NCCCN1CCCC1. The molecule has 1 aliphatic heterocycles. The summed E-state index contributed by atoms with van der Waals surface area (Å²) in [5.41, 5.74) is 6.86. The van der Waals surface area contributed by atoms with Crippen molar-refractivity contribution in [2.75, 3.05) is 26.2 Å². The molecule has 1 fully saturated rings. The number of hydrogen-bond donors (Lipinski definition) is 3. The normalized spacial score (nSPS) is 16.8. The first kappa shape index (κ1) is 15.8. The molecule has 4 N–H and O–H groups in total. The molecule has 21 heavy (non-hydrogen) atoms. The van der Waals surface area contributed by atoms with E-state index in [2.05, 4.69) is 10.2 Å². The molecule has 0 spiro atoms. The van der Waals surface area contributed by atoms with E-state index in [0.717, 1.165) is 18.5 Å². The van der Waals surface area contributed by atoms with Crippen molar-refractivity contribution in [3.05, 3.63) is 29.8 Å².